The number of piperazine rings is 1. The van der Waals surface area contributed by atoms with Gasteiger partial charge in [0.1, 0.15) is 5.82 Å². The van der Waals surface area contributed by atoms with E-state index in [-0.39, 0.29) is 5.91 Å². The van der Waals surface area contributed by atoms with Crippen LogP contribution in [0.5, 0.6) is 0 Å². The van der Waals surface area contributed by atoms with Crippen LogP contribution < -0.4 is 15.5 Å². The van der Waals surface area contributed by atoms with Gasteiger partial charge in [0.25, 0.3) is 0 Å². The van der Waals surface area contributed by atoms with Gasteiger partial charge in [-0.25, -0.2) is 4.98 Å². The van der Waals surface area contributed by atoms with Gasteiger partial charge in [0, 0.05) is 48.8 Å². The number of anilines is 4. The monoisotopic (exact) mass is 452 g/mol. The van der Waals surface area contributed by atoms with Gasteiger partial charge in [-0.3, -0.25) is 4.79 Å². The average Bonchev–Trinajstić information content (AvgIpc) is 3.28. The van der Waals surface area contributed by atoms with E-state index in [0.29, 0.717) is 0 Å². The predicted molar refractivity (Wildman–Crippen MR) is 139 cm³/mol. The number of hydrogen-bond acceptors (Lipinski definition) is 5. The minimum atomic E-state index is -0.230. The van der Waals surface area contributed by atoms with E-state index in [0.717, 1.165) is 60.1 Å². The number of nitrogens with zero attached hydrogens (tertiary/aromatic N) is 4. The molecule has 7 heteroatoms. The number of rotatable bonds is 6. The van der Waals surface area contributed by atoms with Gasteiger partial charge >= 0.3 is 0 Å². The zero-order valence-electron chi connectivity index (χ0n) is 19.2. The van der Waals surface area contributed by atoms with E-state index in [1.165, 1.54) is 11.8 Å². The van der Waals surface area contributed by atoms with Crippen LogP contribution in [-0.4, -0.2) is 53.4 Å². The Bertz CT molecular complexity index is 1320. The van der Waals surface area contributed by atoms with Gasteiger partial charge in [0.15, 0.2) is 0 Å². The zero-order chi connectivity index (χ0) is 23.5. The van der Waals surface area contributed by atoms with Gasteiger partial charge < -0.3 is 24.8 Å². The number of likely N-dealkylation sites (N-methyl/N-ethyl adjacent to an activating group) is 1. The average molecular weight is 453 g/mol. The summed E-state index contributed by atoms with van der Waals surface area (Å²) in [6.45, 7) is 7.79. The van der Waals surface area contributed by atoms with Crippen molar-refractivity contribution in [1.82, 2.24) is 14.3 Å². The first kappa shape index (κ1) is 21.7. The van der Waals surface area contributed by atoms with Crippen molar-refractivity contribution >= 4 is 34.3 Å². The van der Waals surface area contributed by atoms with Crippen molar-refractivity contribution in [3.05, 3.63) is 85.7 Å². The Morgan fingerprint density at radius 3 is 2.56 bits per heavy atom. The maximum absolute atomic E-state index is 11.7. The molecule has 1 aliphatic rings. The highest BCUT2D eigenvalue weighted by molar-refractivity contribution is 5.99. The number of amides is 1. The van der Waals surface area contributed by atoms with E-state index in [2.05, 4.69) is 73.8 Å². The smallest absolute Gasteiger partial charge is 0.247 e. The zero-order valence-corrected chi connectivity index (χ0v) is 19.2. The van der Waals surface area contributed by atoms with Crippen LogP contribution in [0.25, 0.3) is 16.8 Å². The standard InChI is InChI=1S/C27H28N6O/c1-3-27(34)30-22-6-4-5-20(17-22)25-12-11-24-18-28-26(19-33(24)25)29-21-7-9-23(10-8-21)32-15-13-31(2)14-16-32/h3-12,17-19,29H,1,13-16H2,2H3,(H,30,34). The molecule has 1 amide bonds. The molecule has 5 rings (SSSR count). The van der Waals surface area contributed by atoms with Gasteiger partial charge in [0.05, 0.1) is 23.6 Å². The number of nitrogens with one attached hydrogen (secondary N) is 2. The molecule has 34 heavy (non-hydrogen) atoms. The third kappa shape index (κ3) is 4.65. The molecule has 2 aromatic heterocycles. The predicted octanol–water partition coefficient (Wildman–Crippen LogP) is 4.62. The molecule has 0 spiro atoms. The van der Waals surface area contributed by atoms with Gasteiger partial charge in [-0.15, -0.1) is 0 Å². The SMILES string of the molecule is C=CC(=O)Nc1cccc(-c2ccc3cnc(Nc4ccc(N5CCN(C)CC5)cc4)cn23)c1. The molecule has 0 unspecified atom stereocenters. The molecule has 3 heterocycles. The van der Waals surface area contributed by atoms with E-state index in [9.17, 15) is 4.79 Å². The fourth-order valence-electron chi connectivity index (χ4n) is 4.22. The molecule has 7 nitrogen and oxygen atoms in total. The second kappa shape index (κ2) is 9.41. The van der Waals surface area contributed by atoms with Crippen LogP contribution in [0.3, 0.4) is 0 Å². The van der Waals surface area contributed by atoms with E-state index < -0.39 is 0 Å². The molecular weight excluding hydrogens is 424 g/mol. The van der Waals surface area contributed by atoms with Crippen LogP contribution >= 0.6 is 0 Å². The fraction of sp³-hybridized carbons (Fsp3) is 0.185. The number of carbonyl (C=O) groups excluding carboxylic acids is 1. The second-order valence-corrected chi connectivity index (χ2v) is 8.52. The van der Waals surface area contributed by atoms with Crippen LogP contribution in [0.2, 0.25) is 0 Å². The lowest BCUT2D eigenvalue weighted by atomic mass is 10.1. The highest BCUT2D eigenvalue weighted by atomic mass is 16.1. The van der Waals surface area contributed by atoms with Crippen molar-refractivity contribution in [3.63, 3.8) is 0 Å². The Hall–Kier alpha value is -4.10. The molecule has 1 saturated heterocycles. The lowest BCUT2D eigenvalue weighted by Gasteiger charge is -2.34. The normalized spacial score (nSPS) is 14.2. The molecule has 0 saturated carbocycles. The van der Waals surface area contributed by atoms with Crippen molar-refractivity contribution in [1.29, 1.82) is 0 Å². The molecule has 2 N–H and O–H groups in total. The third-order valence-electron chi connectivity index (χ3n) is 6.16. The minimum absolute atomic E-state index is 0.230. The third-order valence-corrected chi connectivity index (χ3v) is 6.16. The van der Waals surface area contributed by atoms with E-state index >= 15 is 0 Å². The summed E-state index contributed by atoms with van der Waals surface area (Å²) in [7, 11) is 2.17. The summed E-state index contributed by atoms with van der Waals surface area (Å²) in [6.07, 6.45) is 5.11. The Morgan fingerprint density at radius 2 is 1.79 bits per heavy atom. The Morgan fingerprint density at radius 1 is 1.00 bits per heavy atom. The maximum atomic E-state index is 11.7. The maximum Gasteiger partial charge on any atom is 0.247 e. The summed E-state index contributed by atoms with van der Waals surface area (Å²) in [4.78, 5) is 21.0. The van der Waals surface area contributed by atoms with Crippen molar-refractivity contribution in [2.45, 2.75) is 0 Å². The molecule has 1 fully saturated rings. The highest BCUT2D eigenvalue weighted by Gasteiger charge is 2.14. The number of carbonyl (C=O) groups is 1. The molecule has 0 atom stereocenters. The molecule has 1 aliphatic heterocycles. The summed E-state index contributed by atoms with van der Waals surface area (Å²) >= 11 is 0. The molecule has 0 bridgehead atoms. The van der Waals surface area contributed by atoms with Crippen molar-refractivity contribution in [2.24, 2.45) is 0 Å². The van der Waals surface area contributed by atoms with E-state index in [4.69, 9.17) is 0 Å². The number of benzene rings is 2. The minimum Gasteiger partial charge on any atom is -0.369 e. The first-order valence-corrected chi connectivity index (χ1v) is 11.4. The highest BCUT2D eigenvalue weighted by Crippen LogP contribution is 2.27. The Labute approximate surface area is 199 Å². The molecule has 4 aromatic rings. The quantitative estimate of drug-likeness (QED) is 0.418. The van der Waals surface area contributed by atoms with Gasteiger partial charge in [-0.1, -0.05) is 18.7 Å². The van der Waals surface area contributed by atoms with E-state index in [1.807, 2.05) is 42.7 Å². The van der Waals surface area contributed by atoms with Crippen LogP contribution in [0.4, 0.5) is 22.9 Å². The molecule has 172 valence electrons. The Kier molecular flexibility index (Phi) is 6.01. The topological polar surface area (TPSA) is 64.9 Å². The van der Waals surface area contributed by atoms with Crippen molar-refractivity contribution in [2.75, 3.05) is 48.8 Å². The second-order valence-electron chi connectivity index (χ2n) is 8.52. The molecule has 2 aromatic carbocycles. The number of aromatic nitrogens is 2. The first-order valence-electron chi connectivity index (χ1n) is 11.4. The lowest BCUT2D eigenvalue weighted by molar-refractivity contribution is -0.111. The summed E-state index contributed by atoms with van der Waals surface area (Å²) in [5.41, 5.74) is 5.97. The van der Waals surface area contributed by atoms with Crippen molar-refractivity contribution in [3.8, 4) is 11.3 Å². The lowest BCUT2D eigenvalue weighted by Crippen LogP contribution is -2.44. The fourth-order valence-corrected chi connectivity index (χ4v) is 4.22. The van der Waals surface area contributed by atoms with Gasteiger partial charge in [-0.05, 0) is 61.7 Å². The van der Waals surface area contributed by atoms with Crippen LogP contribution in [0.15, 0.2) is 85.7 Å². The summed E-state index contributed by atoms with van der Waals surface area (Å²) in [5.74, 6) is 0.528. The summed E-state index contributed by atoms with van der Waals surface area (Å²) in [6, 6.07) is 20.4. The van der Waals surface area contributed by atoms with Crippen LogP contribution in [0, 0.1) is 0 Å². The van der Waals surface area contributed by atoms with Gasteiger partial charge in [0.2, 0.25) is 5.91 Å². The number of hydrogen-bond donors (Lipinski definition) is 2. The summed E-state index contributed by atoms with van der Waals surface area (Å²) in [5, 5.41) is 6.24. The van der Waals surface area contributed by atoms with Crippen LogP contribution in [0.1, 0.15) is 0 Å². The van der Waals surface area contributed by atoms with Gasteiger partial charge in [-0.2, -0.15) is 0 Å². The largest absolute Gasteiger partial charge is 0.369 e. The molecular formula is C27H28N6O. The molecule has 0 radical (unpaired) electrons. The number of fused-ring (bicyclic) bond motifs is 1. The Balaban J connectivity index is 1.36. The van der Waals surface area contributed by atoms with E-state index in [1.54, 1.807) is 0 Å². The summed E-state index contributed by atoms with van der Waals surface area (Å²) < 4.78 is 2.10. The van der Waals surface area contributed by atoms with Crippen LogP contribution in [-0.2, 0) is 4.79 Å². The van der Waals surface area contributed by atoms with Crippen molar-refractivity contribution < 1.29 is 4.79 Å². The first-order chi connectivity index (χ1) is 16.6. The molecule has 0 aliphatic carbocycles.